The summed E-state index contributed by atoms with van der Waals surface area (Å²) in [4.78, 5) is 29.6. The summed E-state index contributed by atoms with van der Waals surface area (Å²) >= 11 is 0. The van der Waals surface area contributed by atoms with E-state index in [4.69, 9.17) is 4.74 Å². The van der Waals surface area contributed by atoms with Crippen LogP contribution in [0.4, 0.5) is 0 Å². The molecule has 1 atom stereocenters. The second kappa shape index (κ2) is 10.1. The molecule has 2 aromatic carbocycles. The van der Waals surface area contributed by atoms with E-state index >= 15 is 0 Å². The van der Waals surface area contributed by atoms with Gasteiger partial charge in [0.25, 0.3) is 5.91 Å². The van der Waals surface area contributed by atoms with Crippen LogP contribution in [-0.4, -0.2) is 73.6 Å². The van der Waals surface area contributed by atoms with E-state index in [1.54, 1.807) is 4.90 Å². The monoisotopic (exact) mass is 423 g/mol. The van der Waals surface area contributed by atoms with Gasteiger partial charge in [0.1, 0.15) is 0 Å². The van der Waals surface area contributed by atoms with Gasteiger partial charge in [-0.2, -0.15) is 0 Å². The van der Waals surface area contributed by atoms with Crippen molar-refractivity contribution in [2.45, 2.75) is 31.9 Å². The van der Waals surface area contributed by atoms with Crippen LogP contribution in [0.3, 0.4) is 0 Å². The van der Waals surface area contributed by atoms with Gasteiger partial charge in [-0.25, -0.2) is 0 Å². The van der Waals surface area contributed by atoms with Crippen molar-refractivity contribution in [1.82, 2.24) is 15.1 Å². The van der Waals surface area contributed by atoms with Crippen molar-refractivity contribution in [3.63, 3.8) is 0 Å². The Hall–Kier alpha value is -2.70. The van der Waals surface area contributed by atoms with E-state index < -0.39 is 5.60 Å². The smallest absolute Gasteiger partial charge is 0.254 e. The van der Waals surface area contributed by atoms with Gasteiger partial charge in [-0.1, -0.05) is 54.6 Å². The molecule has 6 nitrogen and oxygen atoms in total. The Morgan fingerprint density at radius 1 is 1.10 bits per heavy atom. The maximum Gasteiger partial charge on any atom is 0.254 e. The SMILES string of the molecule is CC(C)NC(=O)[C@]1(Cc2cccc(-c3ccccc3)c2)CN(C(=O)CN(C)C)CCO1. The molecule has 0 saturated carbocycles. The Bertz CT molecular complexity index is 898. The van der Waals surface area contributed by atoms with Gasteiger partial charge in [0.2, 0.25) is 5.91 Å². The van der Waals surface area contributed by atoms with Gasteiger partial charge < -0.3 is 19.9 Å². The highest BCUT2D eigenvalue weighted by molar-refractivity contribution is 5.88. The molecule has 1 fully saturated rings. The molecule has 6 heteroatoms. The zero-order valence-electron chi connectivity index (χ0n) is 18.9. The molecular formula is C25H33N3O3. The first-order chi connectivity index (χ1) is 14.8. The van der Waals surface area contributed by atoms with Crippen molar-refractivity contribution in [3.8, 4) is 11.1 Å². The molecule has 1 aliphatic heterocycles. The molecule has 31 heavy (non-hydrogen) atoms. The molecule has 0 aromatic heterocycles. The first-order valence-corrected chi connectivity index (χ1v) is 10.8. The quantitative estimate of drug-likeness (QED) is 0.744. The minimum Gasteiger partial charge on any atom is -0.361 e. The second-order valence-electron chi connectivity index (χ2n) is 8.77. The number of carbonyl (C=O) groups excluding carboxylic acids is 2. The van der Waals surface area contributed by atoms with Crippen LogP contribution in [-0.2, 0) is 20.7 Å². The number of amides is 2. The summed E-state index contributed by atoms with van der Waals surface area (Å²) < 4.78 is 6.14. The van der Waals surface area contributed by atoms with Crippen LogP contribution in [0.2, 0.25) is 0 Å². The molecule has 3 rings (SSSR count). The number of hydrogen-bond acceptors (Lipinski definition) is 4. The zero-order valence-corrected chi connectivity index (χ0v) is 18.9. The predicted molar refractivity (Wildman–Crippen MR) is 123 cm³/mol. The van der Waals surface area contributed by atoms with E-state index in [2.05, 4.69) is 29.6 Å². The third kappa shape index (κ3) is 5.93. The van der Waals surface area contributed by atoms with Crippen molar-refractivity contribution in [1.29, 1.82) is 0 Å². The van der Waals surface area contributed by atoms with Gasteiger partial charge in [-0.05, 0) is 44.6 Å². The van der Waals surface area contributed by atoms with Crippen molar-refractivity contribution in [2.24, 2.45) is 0 Å². The van der Waals surface area contributed by atoms with E-state index in [1.165, 1.54) is 0 Å². The Morgan fingerprint density at radius 3 is 2.48 bits per heavy atom. The number of nitrogens with zero attached hydrogens (tertiary/aromatic N) is 2. The number of rotatable bonds is 7. The highest BCUT2D eigenvalue weighted by Gasteiger charge is 2.45. The molecule has 1 N–H and O–H groups in total. The van der Waals surface area contributed by atoms with E-state index in [0.29, 0.717) is 26.1 Å². The lowest BCUT2D eigenvalue weighted by Gasteiger charge is -2.42. The average molecular weight is 424 g/mol. The minimum atomic E-state index is -1.11. The fourth-order valence-corrected chi connectivity index (χ4v) is 3.91. The lowest BCUT2D eigenvalue weighted by atomic mass is 9.89. The third-order valence-corrected chi connectivity index (χ3v) is 5.35. The topological polar surface area (TPSA) is 61.9 Å². The van der Waals surface area contributed by atoms with E-state index in [9.17, 15) is 9.59 Å². The molecule has 2 aromatic rings. The summed E-state index contributed by atoms with van der Waals surface area (Å²) in [5.41, 5.74) is 2.10. The standard InChI is InChI=1S/C25H33N3O3/c1-19(2)26-24(30)25(18-28(13-14-31-25)23(29)17-27(3)4)16-20-9-8-12-22(15-20)21-10-6-5-7-11-21/h5-12,15,19H,13-14,16-18H2,1-4H3,(H,26,30)/t25-/m0/s1. The number of carbonyl (C=O) groups is 2. The van der Waals surface area contributed by atoms with Crippen LogP contribution in [0.25, 0.3) is 11.1 Å². The van der Waals surface area contributed by atoms with Gasteiger partial charge >= 0.3 is 0 Å². The Morgan fingerprint density at radius 2 is 1.81 bits per heavy atom. The van der Waals surface area contributed by atoms with Gasteiger partial charge in [-0.15, -0.1) is 0 Å². The summed E-state index contributed by atoms with van der Waals surface area (Å²) in [6, 6.07) is 18.3. The van der Waals surface area contributed by atoms with Gasteiger partial charge in [0.15, 0.2) is 5.60 Å². The summed E-state index contributed by atoms with van der Waals surface area (Å²) in [6.07, 6.45) is 0.401. The van der Waals surface area contributed by atoms with Crippen LogP contribution in [0.5, 0.6) is 0 Å². The molecule has 0 aliphatic carbocycles. The second-order valence-corrected chi connectivity index (χ2v) is 8.77. The number of morpholine rings is 1. The van der Waals surface area contributed by atoms with E-state index in [1.807, 2.05) is 63.2 Å². The van der Waals surface area contributed by atoms with Crippen molar-refractivity contribution >= 4 is 11.8 Å². The van der Waals surface area contributed by atoms with Crippen molar-refractivity contribution < 1.29 is 14.3 Å². The third-order valence-electron chi connectivity index (χ3n) is 5.35. The molecule has 0 unspecified atom stereocenters. The van der Waals surface area contributed by atoms with Crippen LogP contribution in [0.15, 0.2) is 54.6 Å². The highest BCUT2D eigenvalue weighted by Crippen LogP contribution is 2.27. The number of benzene rings is 2. The Kier molecular flexibility index (Phi) is 7.46. The molecule has 166 valence electrons. The van der Waals surface area contributed by atoms with Gasteiger partial charge in [0, 0.05) is 19.0 Å². The summed E-state index contributed by atoms with van der Waals surface area (Å²) in [6.45, 7) is 5.24. The number of hydrogen-bond donors (Lipinski definition) is 1. The summed E-state index contributed by atoms with van der Waals surface area (Å²) in [5.74, 6) is -0.164. The predicted octanol–water partition coefficient (Wildman–Crippen LogP) is 2.58. The normalized spacial score (nSPS) is 19.0. The molecule has 2 amide bonds. The molecule has 1 aliphatic rings. The minimum absolute atomic E-state index is 0.00746. The summed E-state index contributed by atoms with van der Waals surface area (Å²) in [7, 11) is 3.73. The van der Waals surface area contributed by atoms with Crippen molar-refractivity contribution in [2.75, 3.05) is 40.3 Å². The first kappa shape index (κ1) is 23.0. The van der Waals surface area contributed by atoms with Crippen LogP contribution < -0.4 is 5.32 Å². The summed E-state index contributed by atoms with van der Waals surface area (Å²) in [5, 5.41) is 3.01. The number of ether oxygens (including phenoxy) is 1. The van der Waals surface area contributed by atoms with E-state index in [0.717, 1.165) is 16.7 Å². The molecule has 0 radical (unpaired) electrons. The molecule has 1 saturated heterocycles. The average Bonchev–Trinajstić information content (AvgIpc) is 2.74. The maximum absolute atomic E-state index is 13.3. The number of likely N-dealkylation sites (N-methyl/N-ethyl adjacent to an activating group) is 1. The molecular weight excluding hydrogens is 390 g/mol. The first-order valence-electron chi connectivity index (χ1n) is 10.8. The lowest BCUT2D eigenvalue weighted by molar-refractivity contribution is -0.166. The van der Waals surface area contributed by atoms with Gasteiger partial charge in [0.05, 0.1) is 19.7 Å². The van der Waals surface area contributed by atoms with Crippen molar-refractivity contribution in [3.05, 3.63) is 60.2 Å². The fraction of sp³-hybridized carbons (Fsp3) is 0.440. The Balaban J connectivity index is 1.89. The zero-order chi connectivity index (χ0) is 22.4. The Labute approximate surface area is 185 Å². The molecule has 0 spiro atoms. The van der Waals surface area contributed by atoms with Crippen LogP contribution in [0, 0.1) is 0 Å². The van der Waals surface area contributed by atoms with E-state index in [-0.39, 0.29) is 24.4 Å². The maximum atomic E-state index is 13.3. The molecule has 0 bridgehead atoms. The highest BCUT2D eigenvalue weighted by atomic mass is 16.5. The molecule has 1 heterocycles. The largest absolute Gasteiger partial charge is 0.361 e. The fourth-order valence-electron chi connectivity index (χ4n) is 3.91. The van der Waals surface area contributed by atoms with Gasteiger partial charge in [-0.3, -0.25) is 9.59 Å². The number of nitrogens with one attached hydrogen (secondary N) is 1. The van der Waals surface area contributed by atoms with Crippen LogP contribution in [0.1, 0.15) is 19.4 Å². The lowest BCUT2D eigenvalue weighted by Crippen LogP contribution is -2.63. The van der Waals surface area contributed by atoms with Crippen LogP contribution >= 0.6 is 0 Å².